The van der Waals surface area contributed by atoms with E-state index in [1.54, 1.807) is 5.92 Å². The van der Waals surface area contributed by atoms with Gasteiger partial charge >= 0.3 is 0 Å². The molecule has 0 heterocycles. The summed E-state index contributed by atoms with van der Waals surface area (Å²) in [6.07, 6.45) is 11.2. The monoisotopic (exact) mass is 255 g/mol. The van der Waals surface area contributed by atoms with Gasteiger partial charge in [0.05, 0.1) is 6.61 Å². The van der Waals surface area contributed by atoms with Crippen molar-refractivity contribution in [1.82, 2.24) is 0 Å². The summed E-state index contributed by atoms with van der Waals surface area (Å²) in [4.78, 5) is 0. The average molecular weight is 255 g/mol. The second-order valence-corrected chi connectivity index (χ2v) is 12.4. The number of rotatable bonds is 5. The summed E-state index contributed by atoms with van der Waals surface area (Å²) in [6, 6.07) is 1.31. The van der Waals surface area contributed by atoms with Crippen molar-refractivity contribution >= 4 is 8.07 Å². The summed E-state index contributed by atoms with van der Waals surface area (Å²) in [5.74, 6) is 1.68. The van der Waals surface area contributed by atoms with Gasteiger partial charge in [-0.25, -0.2) is 0 Å². The summed E-state index contributed by atoms with van der Waals surface area (Å²) in [7, 11) is -0.904. The molecule has 0 atom stereocenters. The Hall–Kier alpha value is 0.177. The zero-order valence-corrected chi connectivity index (χ0v) is 13.2. The first kappa shape index (κ1) is 15.2. The van der Waals surface area contributed by atoms with E-state index in [-0.39, 0.29) is 0 Å². The second-order valence-electron chi connectivity index (χ2n) is 6.73. The first-order valence-corrected chi connectivity index (χ1v) is 11.2. The molecular weight excluding hydrogens is 224 g/mol. The minimum atomic E-state index is -0.904. The Morgan fingerprint density at radius 1 is 0.882 bits per heavy atom. The van der Waals surface area contributed by atoms with Crippen molar-refractivity contribution in [3.05, 3.63) is 5.92 Å². The van der Waals surface area contributed by atoms with Gasteiger partial charge in [0.2, 0.25) is 0 Å². The highest BCUT2D eigenvalue weighted by atomic mass is 28.3. The highest BCUT2D eigenvalue weighted by Crippen LogP contribution is 2.23. The van der Waals surface area contributed by atoms with E-state index in [0.29, 0.717) is 0 Å². The largest absolute Gasteiger partial charge is 0.381 e. The maximum atomic E-state index is 5.88. The third-order valence-electron chi connectivity index (χ3n) is 3.61. The van der Waals surface area contributed by atoms with Gasteiger partial charge in [-0.05, 0) is 18.9 Å². The standard InChI is InChI=1S/C15H31OSi/c1-17(2,3)13-12-16-14-15-10-8-6-4-5-7-9-11-15/h4-14H2,1-3H3. The zero-order chi connectivity index (χ0) is 12.6. The molecule has 0 aromatic carbocycles. The summed E-state index contributed by atoms with van der Waals surface area (Å²) >= 11 is 0. The molecule has 1 fully saturated rings. The smallest absolute Gasteiger partial charge is 0.0528 e. The molecule has 1 nitrogen and oxygen atoms in total. The number of hydrogen-bond donors (Lipinski definition) is 0. The second kappa shape index (κ2) is 8.31. The van der Waals surface area contributed by atoms with Gasteiger partial charge in [0, 0.05) is 20.6 Å². The highest BCUT2D eigenvalue weighted by molar-refractivity contribution is 6.76. The SMILES string of the molecule is C[Si](C)(C)CCOC[C]1CCCCCCCC1. The Morgan fingerprint density at radius 3 is 1.94 bits per heavy atom. The van der Waals surface area contributed by atoms with Gasteiger partial charge in [0.15, 0.2) is 0 Å². The van der Waals surface area contributed by atoms with Crippen LogP contribution in [0, 0.1) is 5.92 Å². The molecule has 1 aliphatic rings. The van der Waals surface area contributed by atoms with Gasteiger partial charge in [-0.2, -0.15) is 0 Å². The van der Waals surface area contributed by atoms with E-state index in [1.165, 1.54) is 57.4 Å². The molecule has 0 amide bonds. The summed E-state index contributed by atoms with van der Waals surface area (Å²) in [5.41, 5.74) is 0. The molecule has 0 spiro atoms. The third kappa shape index (κ3) is 8.84. The van der Waals surface area contributed by atoms with Crippen molar-refractivity contribution in [3.63, 3.8) is 0 Å². The van der Waals surface area contributed by atoms with Gasteiger partial charge in [0.1, 0.15) is 0 Å². The zero-order valence-electron chi connectivity index (χ0n) is 12.2. The highest BCUT2D eigenvalue weighted by Gasteiger charge is 2.14. The molecule has 1 rings (SSSR count). The molecule has 101 valence electrons. The van der Waals surface area contributed by atoms with Crippen LogP contribution >= 0.6 is 0 Å². The summed E-state index contributed by atoms with van der Waals surface area (Å²) < 4.78 is 5.88. The van der Waals surface area contributed by atoms with Gasteiger partial charge in [-0.15, -0.1) is 0 Å². The fraction of sp³-hybridized carbons (Fsp3) is 0.933. The molecule has 0 saturated heterocycles. The van der Waals surface area contributed by atoms with Crippen LogP contribution in [0.3, 0.4) is 0 Å². The van der Waals surface area contributed by atoms with Crippen molar-refractivity contribution in [2.75, 3.05) is 13.2 Å². The first-order valence-electron chi connectivity index (χ1n) is 7.49. The molecule has 1 saturated carbocycles. The molecule has 0 aromatic heterocycles. The normalized spacial score (nSPS) is 20.6. The molecule has 0 aliphatic heterocycles. The van der Waals surface area contributed by atoms with Crippen molar-refractivity contribution < 1.29 is 4.74 Å². The molecule has 1 radical (unpaired) electrons. The average Bonchev–Trinajstić information content (AvgIpc) is 2.36. The van der Waals surface area contributed by atoms with Crippen molar-refractivity contribution in [2.45, 2.75) is 77.1 Å². The van der Waals surface area contributed by atoms with Crippen LogP contribution in [0.5, 0.6) is 0 Å². The summed E-state index contributed by atoms with van der Waals surface area (Å²) in [6.45, 7) is 9.19. The first-order chi connectivity index (χ1) is 8.08. The Bertz CT molecular complexity index is 176. The lowest BCUT2D eigenvalue weighted by Crippen LogP contribution is -2.22. The van der Waals surface area contributed by atoms with Crippen LogP contribution in [-0.4, -0.2) is 21.3 Å². The molecule has 0 aromatic rings. The number of ether oxygens (including phenoxy) is 1. The molecule has 0 unspecified atom stereocenters. The molecule has 1 aliphatic carbocycles. The fourth-order valence-electron chi connectivity index (χ4n) is 2.32. The maximum absolute atomic E-state index is 5.88. The van der Waals surface area contributed by atoms with Crippen LogP contribution < -0.4 is 0 Å². The van der Waals surface area contributed by atoms with Gasteiger partial charge < -0.3 is 4.74 Å². The van der Waals surface area contributed by atoms with Crippen molar-refractivity contribution in [1.29, 1.82) is 0 Å². The van der Waals surface area contributed by atoms with Crippen LogP contribution in [-0.2, 0) is 4.74 Å². The Labute approximate surface area is 109 Å². The molecule has 0 bridgehead atoms. The lowest BCUT2D eigenvalue weighted by molar-refractivity contribution is 0.150. The Kier molecular flexibility index (Phi) is 7.45. The lowest BCUT2D eigenvalue weighted by Gasteiger charge is -2.18. The van der Waals surface area contributed by atoms with Gasteiger partial charge in [-0.1, -0.05) is 58.2 Å². The van der Waals surface area contributed by atoms with Crippen molar-refractivity contribution in [3.8, 4) is 0 Å². The van der Waals surface area contributed by atoms with Crippen LogP contribution in [0.4, 0.5) is 0 Å². The fourth-order valence-corrected chi connectivity index (χ4v) is 3.08. The molecule has 17 heavy (non-hydrogen) atoms. The topological polar surface area (TPSA) is 9.23 Å². The van der Waals surface area contributed by atoms with E-state index in [4.69, 9.17) is 4.74 Å². The van der Waals surface area contributed by atoms with E-state index in [2.05, 4.69) is 19.6 Å². The van der Waals surface area contributed by atoms with Crippen LogP contribution in [0.25, 0.3) is 0 Å². The van der Waals surface area contributed by atoms with Crippen molar-refractivity contribution in [2.24, 2.45) is 0 Å². The summed E-state index contributed by atoms with van der Waals surface area (Å²) in [5, 5.41) is 0. The Morgan fingerprint density at radius 2 is 1.41 bits per heavy atom. The van der Waals surface area contributed by atoms with Gasteiger partial charge in [-0.3, -0.25) is 0 Å². The maximum Gasteiger partial charge on any atom is 0.0528 e. The minimum absolute atomic E-state index is 0.904. The number of hydrogen-bond acceptors (Lipinski definition) is 1. The van der Waals surface area contributed by atoms with Gasteiger partial charge in [0.25, 0.3) is 0 Å². The van der Waals surface area contributed by atoms with Crippen LogP contribution in [0.15, 0.2) is 0 Å². The van der Waals surface area contributed by atoms with Crippen LogP contribution in [0.2, 0.25) is 25.7 Å². The van der Waals surface area contributed by atoms with Crippen LogP contribution in [0.1, 0.15) is 51.4 Å². The predicted octanol–water partition coefficient (Wildman–Crippen LogP) is 5.05. The minimum Gasteiger partial charge on any atom is -0.381 e. The molecular formula is C15H31OSi. The Balaban J connectivity index is 2.10. The van der Waals surface area contributed by atoms with E-state index in [9.17, 15) is 0 Å². The molecule has 0 N–H and O–H groups in total. The third-order valence-corrected chi connectivity index (χ3v) is 5.32. The lowest BCUT2D eigenvalue weighted by atomic mass is 9.98. The van der Waals surface area contributed by atoms with E-state index < -0.39 is 8.07 Å². The quantitative estimate of drug-likeness (QED) is 0.493. The van der Waals surface area contributed by atoms with E-state index in [0.717, 1.165) is 13.2 Å². The predicted molar refractivity (Wildman–Crippen MR) is 79.2 cm³/mol. The van der Waals surface area contributed by atoms with E-state index >= 15 is 0 Å². The van der Waals surface area contributed by atoms with E-state index in [1.807, 2.05) is 0 Å². The molecule has 2 heteroatoms.